The van der Waals surface area contributed by atoms with Gasteiger partial charge in [-0.2, -0.15) is 0 Å². The van der Waals surface area contributed by atoms with Gasteiger partial charge in [-0.25, -0.2) is 0 Å². The fourth-order valence-electron chi connectivity index (χ4n) is 4.60. The maximum Gasteiger partial charge on any atom is 0.140 e. The number of anilines is 2. The minimum absolute atomic E-state index is 0.163. The summed E-state index contributed by atoms with van der Waals surface area (Å²) in [6.45, 7) is 6.20. The first-order valence-electron chi connectivity index (χ1n) is 13.7. The largest absolute Gasteiger partial charge is 0.374 e. The van der Waals surface area contributed by atoms with Crippen LogP contribution in [0.2, 0.25) is 0 Å². The molecule has 0 radical (unpaired) electrons. The summed E-state index contributed by atoms with van der Waals surface area (Å²) in [5.41, 5.74) is 6.15. The molecule has 0 fully saturated rings. The number of amidine groups is 2. The highest BCUT2D eigenvalue weighted by molar-refractivity contribution is 7.12. The van der Waals surface area contributed by atoms with Gasteiger partial charge < -0.3 is 24.7 Å². The number of benzene rings is 2. The summed E-state index contributed by atoms with van der Waals surface area (Å²) < 4.78 is 14.9. The summed E-state index contributed by atoms with van der Waals surface area (Å²) in [5, 5.41) is 27.0. The van der Waals surface area contributed by atoms with Crippen molar-refractivity contribution in [3.8, 4) is 0 Å². The Kier molecular flexibility index (Phi) is 9.99. The van der Waals surface area contributed by atoms with E-state index in [1.807, 2.05) is 83.6 Å². The Morgan fingerprint density at radius 2 is 1.29 bits per heavy atom. The molecule has 0 aliphatic heterocycles. The molecule has 3 heterocycles. The van der Waals surface area contributed by atoms with Crippen molar-refractivity contribution in [1.82, 2.24) is 4.57 Å². The van der Waals surface area contributed by atoms with E-state index in [0.717, 1.165) is 32.3 Å². The van der Waals surface area contributed by atoms with Gasteiger partial charge in [0.1, 0.15) is 11.7 Å². The van der Waals surface area contributed by atoms with Crippen LogP contribution in [0.25, 0.3) is 0 Å². The van der Waals surface area contributed by atoms with E-state index in [0.29, 0.717) is 38.0 Å². The van der Waals surface area contributed by atoms with Crippen LogP contribution in [0.1, 0.15) is 32.3 Å². The molecular weight excluding hydrogens is 563 g/mol. The minimum atomic E-state index is -0.163. The van der Waals surface area contributed by atoms with Crippen molar-refractivity contribution in [1.29, 1.82) is 10.8 Å². The zero-order valence-electron chi connectivity index (χ0n) is 23.7. The number of hydrogen-bond donors (Lipinski definition) is 4. The second-order valence-electron chi connectivity index (χ2n) is 10.0. The second-order valence-corrected chi connectivity index (χ2v) is 11.9. The van der Waals surface area contributed by atoms with Crippen LogP contribution in [0.4, 0.5) is 11.4 Å². The van der Waals surface area contributed by atoms with Crippen LogP contribution in [-0.2, 0) is 29.2 Å². The SMILES string of the molecule is Cc1ccc(C)n1C[C@H](COCc1cccc(NC(=N)c2cccs2)c1)OCc1cccc(NC(=N)c2cccs2)c1. The fourth-order valence-corrected chi connectivity index (χ4v) is 5.86. The number of thiophene rings is 2. The quantitative estimate of drug-likeness (QED) is 0.0820. The van der Waals surface area contributed by atoms with Crippen LogP contribution >= 0.6 is 22.7 Å². The predicted molar refractivity (Wildman–Crippen MR) is 175 cm³/mol. The third kappa shape index (κ3) is 8.04. The molecule has 0 aliphatic rings. The van der Waals surface area contributed by atoms with Crippen LogP contribution in [-0.4, -0.2) is 28.9 Å². The summed E-state index contributed by atoms with van der Waals surface area (Å²) in [4.78, 5) is 1.79. The van der Waals surface area contributed by atoms with Crippen molar-refractivity contribution in [2.45, 2.75) is 39.7 Å². The molecule has 0 amide bonds. The van der Waals surface area contributed by atoms with Crippen molar-refractivity contribution in [3.05, 3.63) is 128 Å². The van der Waals surface area contributed by atoms with Crippen LogP contribution < -0.4 is 10.6 Å². The molecule has 0 aliphatic carbocycles. The van der Waals surface area contributed by atoms with E-state index in [1.54, 1.807) is 22.7 Å². The molecule has 4 N–H and O–H groups in total. The molecule has 0 spiro atoms. The van der Waals surface area contributed by atoms with Gasteiger partial charge in [-0.1, -0.05) is 36.4 Å². The number of nitrogens with one attached hydrogen (secondary N) is 4. The van der Waals surface area contributed by atoms with Crippen molar-refractivity contribution < 1.29 is 9.47 Å². The van der Waals surface area contributed by atoms with Crippen LogP contribution in [0.15, 0.2) is 95.7 Å². The van der Waals surface area contributed by atoms with Crippen molar-refractivity contribution >= 4 is 45.7 Å². The number of hydrogen-bond acceptors (Lipinski definition) is 6. The van der Waals surface area contributed by atoms with Gasteiger partial charge in [-0.05, 0) is 84.3 Å². The molecule has 2 aromatic carbocycles. The Morgan fingerprint density at radius 1 is 0.738 bits per heavy atom. The maximum atomic E-state index is 8.34. The maximum absolute atomic E-state index is 8.34. The third-order valence-corrected chi connectivity index (χ3v) is 8.56. The smallest absolute Gasteiger partial charge is 0.140 e. The van der Waals surface area contributed by atoms with Crippen molar-refractivity contribution in [3.63, 3.8) is 0 Å². The Hall–Kier alpha value is -4.02. The highest BCUT2D eigenvalue weighted by atomic mass is 32.1. The number of nitrogens with zero attached hydrogens (tertiary/aromatic N) is 1. The van der Waals surface area contributed by atoms with E-state index in [2.05, 4.69) is 41.2 Å². The van der Waals surface area contributed by atoms with E-state index >= 15 is 0 Å². The molecule has 0 saturated heterocycles. The summed E-state index contributed by atoms with van der Waals surface area (Å²) in [6.07, 6.45) is -0.163. The zero-order valence-corrected chi connectivity index (χ0v) is 25.4. The lowest BCUT2D eigenvalue weighted by Gasteiger charge is -2.21. The van der Waals surface area contributed by atoms with E-state index in [9.17, 15) is 0 Å². The lowest BCUT2D eigenvalue weighted by atomic mass is 10.2. The molecule has 1 atom stereocenters. The standard InChI is InChI=1S/C33H35N5O2S2/c1-23-13-14-24(2)38(23)19-29(40-21-26-8-4-10-28(18-26)37-33(35)31-12-6-16-42-31)22-39-20-25-7-3-9-27(17-25)36-32(34)30-11-5-15-41-30/h3-18,29H,19-22H2,1-2H3,(H2,34,36)(H2,35,37)/t29-/m1/s1. The molecule has 216 valence electrons. The molecule has 0 unspecified atom stereocenters. The average Bonchev–Trinajstić information content (AvgIpc) is 3.77. The lowest BCUT2D eigenvalue weighted by Crippen LogP contribution is -2.26. The Morgan fingerprint density at radius 3 is 1.81 bits per heavy atom. The van der Waals surface area contributed by atoms with Crippen LogP contribution in [0, 0.1) is 24.7 Å². The third-order valence-electron chi connectivity index (χ3n) is 6.79. The van der Waals surface area contributed by atoms with E-state index in [4.69, 9.17) is 20.3 Å². The minimum Gasteiger partial charge on any atom is -0.374 e. The molecule has 9 heteroatoms. The Labute approximate surface area is 254 Å². The monoisotopic (exact) mass is 597 g/mol. The topological polar surface area (TPSA) is 95.2 Å². The van der Waals surface area contributed by atoms with Crippen molar-refractivity contribution in [2.24, 2.45) is 0 Å². The molecule has 0 saturated carbocycles. The highest BCUT2D eigenvalue weighted by Crippen LogP contribution is 2.19. The zero-order chi connectivity index (χ0) is 29.3. The number of aromatic nitrogens is 1. The van der Waals surface area contributed by atoms with Gasteiger partial charge in [-0.3, -0.25) is 10.8 Å². The summed E-state index contributed by atoms with van der Waals surface area (Å²) >= 11 is 3.08. The Bertz CT molecular complexity index is 1590. The van der Waals surface area contributed by atoms with Gasteiger partial charge in [0.2, 0.25) is 0 Å². The first-order valence-corrected chi connectivity index (χ1v) is 15.5. The van der Waals surface area contributed by atoms with Crippen LogP contribution in [0.3, 0.4) is 0 Å². The number of rotatable bonds is 13. The predicted octanol–water partition coefficient (Wildman–Crippen LogP) is 7.91. The molecule has 5 aromatic rings. The molecule has 42 heavy (non-hydrogen) atoms. The first kappa shape index (κ1) is 29.5. The van der Waals surface area contributed by atoms with Gasteiger partial charge in [0.15, 0.2) is 0 Å². The van der Waals surface area contributed by atoms with Gasteiger partial charge in [0.25, 0.3) is 0 Å². The van der Waals surface area contributed by atoms with E-state index in [-0.39, 0.29) is 6.10 Å². The lowest BCUT2D eigenvalue weighted by molar-refractivity contribution is -0.0376. The molecule has 5 rings (SSSR count). The average molecular weight is 598 g/mol. The van der Waals surface area contributed by atoms with E-state index < -0.39 is 0 Å². The van der Waals surface area contributed by atoms with Gasteiger partial charge >= 0.3 is 0 Å². The summed E-state index contributed by atoms with van der Waals surface area (Å²) in [5.74, 6) is 0.771. The fraction of sp³-hybridized carbons (Fsp3) is 0.212. The molecular formula is C33H35N5O2S2. The normalized spacial score (nSPS) is 11.8. The molecule has 0 bridgehead atoms. The van der Waals surface area contributed by atoms with E-state index in [1.165, 1.54) is 11.4 Å². The summed E-state index contributed by atoms with van der Waals surface area (Å²) in [7, 11) is 0. The summed E-state index contributed by atoms with van der Waals surface area (Å²) in [6, 6.07) is 28.0. The van der Waals surface area contributed by atoms with Gasteiger partial charge in [0.05, 0.1) is 42.2 Å². The highest BCUT2D eigenvalue weighted by Gasteiger charge is 2.15. The number of ether oxygens (including phenoxy) is 2. The van der Waals surface area contributed by atoms with Crippen LogP contribution in [0.5, 0.6) is 0 Å². The Balaban J connectivity index is 1.20. The van der Waals surface area contributed by atoms with Gasteiger partial charge in [-0.15, -0.1) is 22.7 Å². The molecule has 7 nitrogen and oxygen atoms in total. The first-order chi connectivity index (χ1) is 20.4. The van der Waals surface area contributed by atoms with Crippen molar-refractivity contribution in [2.75, 3.05) is 17.2 Å². The number of aryl methyl sites for hydroxylation is 2. The molecule has 3 aromatic heterocycles. The second kappa shape index (κ2) is 14.2. The van der Waals surface area contributed by atoms with Gasteiger partial charge in [0, 0.05) is 22.8 Å².